The van der Waals surface area contributed by atoms with Gasteiger partial charge in [0.1, 0.15) is 0 Å². The molecule has 0 bridgehead atoms. The molecule has 1 atom stereocenters. The molecule has 0 amide bonds. The average Bonchev–Trinajstić information content (AvgIpc) is 2.75. The van der Waals surface area contributed by atoms with Crippen LogP contribution in [0, 0.1) is 6.92 Å². The lowest BCUT2D eigenvalue weighted by Gasteiger charge is -2.16. The van der Waals surface area contributed by atoms with Gasteiger partial charge < -0.3 is 5.32 Å². The summed E-state index contributed by atoms with van der Waals surface area (Å²) >= 11 is 13.9. The molecule has 0 aliphatic carbocycles. The third kappa shape index (κ3) is 3.27. The highest BCUT2D eigenvalue weighted by atomic mass is 35.5. The maximum absolute atomic E-state index is 6.19. The molecule has 1 aromatic carbocycles. The van der Waals surface area contributed by atoms with Crippen molar-refractivity contribution in [3.8, 4) is 0 Å². The monoisotopic (exact) mass is 299 g/mol. The van der Waals surface area contributed by atoms with E-state index in [2.05, 4.69) is 29.9 Å². The van der Waals surface area contributed by atoms with E-state index in [0.717, 1.165) is 22.2 Å². The SMILES string of the molecule is Cc1cscc1CNC(C)c1cc(Cl)ccc1Cl. The topological polar surface area (TPSA) is 12.0 Å². The number of hydrogen-bond donors (Lipinski definition) is 1. The van der Waals surface area contributed by atoms with Crippen molar-refractivity contribution in [3.63, 3.8) is 0 Å². The van der Waals surface area contributed by atoms with Gasteiger partial charge in [0.25, 0.3) is 0 Å². The van der Waals surface area contributed by atoms with Gasteiger partial charge >= 0.3 is 0 Å². The van der Waals surface area contributed by atoms with Crippen molar-refractivity contribution >= 4 is 34.5 Å². The van der Waals surface area contributed by atoms with E-state index < -0.39 is 0 Å². The zero-order valence-electron chi connectivity index (χ0n) is 10.3. The Balaban J connectivity index is 2.06. The van der Waals surface area contributed by atoms with E-state index in [1.54, 1.807) is 11.3 Å². The van der Waals surface area contributed by atoms with Gasteiger partial charge in [0.2, 0.25) is 0 Å². The molecule has 0 aliphatic heterocycles. The number of rotatable bonds is 4. The zero-order valence-corrected chi connectivity index (χ0v) is 12.7. The lowest BCUT2D eigenvalue weighted by Crippen LogP contribution is -2.18. The first kappa shape index (κ1) is 13.9. The normalized spacial score (nSPS) is 12.7. The average molecular weight is 300 g/mol. The number of aryl methyl sites for hydroxylation is 1. The summed E-state index contributed by atoms with van der Waals surface area (Å²) in [5.74, 6) is 0. The van der Waals surface area contributed by atoms with E-state index >= 15 is 0 Å². The third-order valence-electron chi connectivity index (χ3n) is 2.98. The van der Waals surface area contributed by atoms with Crippen LogP contribution in [0.3, 0.4) is 0 Å². The van der Waals surface area contributed by atoms with Gasteiger partial charge in [0, 0.05) is 22.6 Å². The van der Waals surface area contributed by atoms with Crippen LogP contribution in [0.2, 0.25) is 10.0 Å². The predicted octanol–water partition coefficient (Wildman–Crippen LogP) is 5.21. The molecule has 0 spiro atoms. The summed E-state index contributed by atoms with van der Waals surface area (Å²) < 4.78 is 0. The van der Waals surface area contributed by atoms with Crippen molar-refractivity contribution in [1.82, 2.24) is 5.32 Å². The minimum Gasteiger partial charge on any atom is -0.306 e. The van der Waals surface area contributed by atoms with Crippen molar-refractivity contribution in [2.24, 2.45) is 0 Å². The molecule has 1 nitrogen and oxygen atoms in total. The fourth-order valence-electron chi connectivity index (χ4n) is 1.79. The van der Waals surface area contributed by atoms with Gasteiger partial charge in [-0.1, -0.05) is 23.2 Å². The summed E-state index contributed by atoms with van der Waals surface area (Å²) in [6.45, 7) is 5.07. The van der Waals surface area contributed by atoms with Crippen molar-refractivity contribution in [2.75, 3.05) is 0 Å². The number of nitrogens with one attached hydrogen (secondary N) is 1. The van der Waals surface area contributed by atoms with Crippen LogP contribution in [0.25, 0.3) is 0 Å². The van der Waals surface area contributed by atoms with Crippen LogP contribution in [0.1, 0.15) is 29.7 Å². The van der Waals surface area contributed by atoms with Crippen LogP contribution in [0.15, 0.2) is 29.0 Å². The molecule has 1 N–H and O–H groups in total. The van der Waals surface area contributed by atoms with Crippen molar-refractivity contribution < 1.29 is 0 Å². The molecule has 0 saturated heterocycles. The Morgan fingerprint density at radius 3 is 2.72 bits per heavy atom. The molecule has 0 saturated carbocycles. The molecule has 1 heterocycles. The fourth-order valence-corrected chi connectivity index (χ4v) is 3.11. The van der Waals surface area contributed by atoms with Gasteiger partial charge in [-0.25, -0.2) is 0 Å². The van der Waals surface area contributed by atoms with E-state index in [0.29, 0.717) is 0 Å². The molecule has 0 radical (unpaired) electrons. The molecule has 0 fully saturated rings. The number of benzene rings is 1. The summed E-state index contributed by atoms with van der Waals surface area (Å²) in [6.07, 6.45) is 0. The van der Waals surface area contributed by atoms with Crippen molar-refractivity contribution in [3.05, 3.63) is 55.7 Å². The van der Waals surface area contributed by atoms with Gasteiger partial charge in [0.05, 0.1) is 0 Å². The Kier molecular flexibility index (Phi) is 4.68. The number of thiophene rings is 1. The lowest BCUT2D eigenvalue weighted by atomic mass is 10.1. The Labute approximate surface area is 122 Å². The molecule has 4 heteroatoms. The molecule has 96 valence electrons. The van der Waals surface area contributed by atoms with Crippen LogP contribution < -0.4 is 5.32 Å². The zero-order chi connectivity index (χ0) is 13.1. The first-order valence-corrected chi connectivity index (χ1v) is 7.48. The van der Waals surface area contributed by atoms with Crippen LogP contribution in [-0.2, 0) is 6.54 Å². The Morgan fingerprint density at radius 2 is 2.06 bits per heavy atom. The highest BCUT2D eigenvalue weighted by Crippen LogP contribution is 2.26. The largest absolute Gasteiger partial charge is 0.306 e. The van der Waals surface area contributed by atoms with E-state index in [9.17, 15) is 0 Å². The second-order valence-corrected chi connectivity index (χ2v) is 5.94. The first-order chi connectivity index (χ1) is 8.58. The second kappa shape index (κ2) is 6.07. The maximum Gasteiger partial charge on any atom is 0.0454 e. The highest BCUT2D eigenvalue weighted by Gasteiger charge is 2.10. The van der Waals surface area contributed by atoms with Gasteiger partial charge in [0.15, 0.2) is 0 Å². The van der Waals surface area contributed by atoms with Gasteiger partial charge in [-0.05, 0) is 59.5 Å². The predicted molar refractivity (Wildman–Crippen MR) is 80.8 cm³/mol. The third-order valence-corrected chi connectivity index (χ3v) is 4.47. The van der Waals surface area contributed by atoms with E-state index in [4.69, 9.17) is 23.2 Å². The van der Waals surface area contributed by atoms with Gasteiger partial charge in [-0.15, -0.1) is 0 Å². The summed E-state index contributed by atoms with van der Waals surface area (Å²) in [5, 5.41) is 9.28. The number of halogens is 2. The van der Waals surface area contributed by atoms with Gasteiger partial charge in [-0.3, -0.25) is 0 Å². The fraction of sp³-hybridized carbons (Fsp3) is 0.286. The Hall–Kier alpha value is -0.540. The molecule has 18 heavy (non-hydrogen) atoms. The summed E-state index contributed by atoms with van der Waals surface area (Å²) in [7, 11) is 0. The molecular weight excluding hydrogens is 285 g/mol. The summed E-state index contributed by atoms with van der Waals surface area (Å²) in [4.78, 5) is 0. The summed E-state index contributed by atoms with van der Waals surface area (Å²) in [6, 6.07) is 5.74. The van der Waals surface area contributed by atoms with Crippen molar-refractivity contribution in [2.45, 2.75) is 26.4 Å². The van der Waals surface area contributed by atoms with Crippen LogP contribution in [0.5, 0.6) is 0 Å². The highest BCUT2D eigenvalue weighted by molar-refractivity contribution is 7.08. The van der Waals surface area contributed by atoms with Crippen LogP contribution >= 0.6 is 34.5 Å². The molecule has 1 aromatic heterocycles. The molecule has 2 rings (SSSR count). The van der Waals surface area contributed by atoms with E-state index in [1.807, 2.05) is 18.2 Å². The van der Waals surface area contributed by atoms with Crippen LogP contribution in [-0.4, -0.2) is 0 Å². The minimum atomic E-state index is 0.176. The van der Waals surface area contributed by atoms with Gasteiger partial charge in [-0.2, -0.15) is 11.3 Å². The second-order valence-electron chi connectivity index (χ2n) is 4.35. The standard InChI is InChI=1S/C14H15Cl2NS/c1-9-7-18-8-11(9)6-17-10(2)13-5-12(15)3-4-14(13)16/h3-5,7-8,10,17H,6H2,1-2H3. The molecular formula is C14H15Cl2NS. The van der Waals surface area contributed by atoms with E-state index in [-0.39, 0.29) is 6.04 Å². The smallest absolute Gasteiger partial charge is 0.0454 e. The quantitative estimate of drug-likeness (QED) is 0.817. The first-order valence-electron chi connectivity index (χ1n) is 5.78. The number of hydrogen-bond acceptors (Lipinski definition) is 2. The lowest BCUT2D eigenvalue weighted by molar-refractivity contribution is 0.574. The minimum absolute atomic E-state index is 0.176. The van der Waals surface area contributed by atoms with Crippen molar-refractivity contribution in [1.29, 1.82) is 0 Å². The molecule has 2 aromatic rings. The summed E-state index contributed by atoms with van der Waals surface area (Å²) in [5.41, 5.74) is 3.71. The Bertz CT molecular complexity index is 536. The molecule has 0 aliphatic rings. The molecule has 1 unspecified atom stereocenters. The van der Waals surface area contributed by atoms with E-state index in [1.165, 1.54) is 11.1 Å². The maximum atomic E-state index is 6.19. The Morgan fingerprint density at radius 1 is 1.28 bits per heavy atom. The van der Waals surface area contributed by atoms with Crippen LogP contribution in [0.4, 0.5) is 0 Å².